The largest absolute Gasteiger partial charge is 0.463 e. The number of aryl methyl sites for hydroxylation is 2. The first-order valence-corrected chi connectivity index (χ1v) is 10.7. The quantitative estimate of drug-likeness (QED) is 0.666. The number of sulfonamides is 1. The van der Waals surface area contributed by atoms with E-state index < -0.39 is 35.2 Å². The number of ether oxygens (including phenoxy) is 1. The third-order valence-corrected chi connectivity index (χ3v) is 5.55. The van der Waals surface area contributed by atoms with Crippen molar-refractivity contribution < 1.29 is 26.3 Å². The van der Waals surface area contributed by atoms with Gasteiger partial charge in [-0.2, -0.15) is 23.1 Å². The molecule has 0 bridgehead atoms. The highest BCUT2D eigenvalue weighted by Gasteiger charge is 2.27. The van der Waals surface area contributed by atoms with Gasteiger partial charge in [-0.1, -0.05) is 6.92 Å². The van der Waals surface area contributed by atoms with Crippen LogP contribution in [0, 0.1) is 13.8 Å². The van der Waals surface area contributed by atoms with Crippen molar-refractivity contribution in [2.75, 3.05) is 17.1 Å². The van der Waals surface area contributed by atoms with Gasteiger partial charge in [-0.15, -0.1) is 0 Å². The molecular formula is C18H23F3N4O4S. The fraction of sp³-hybridized carbons (Fsp3) is 0.500. The van der Waals surface area contributed by atoms with Crippen LogP contribution in [0.15, 0.2) is 17.1 Å². The molecule has 0 aromatic carbocycles. The molecule has 0 aliphatic carbocycles. The van der Waals surface area contributed by atoms with E-state index in [0.29, 0.717) is 23.1 Å². The Morgan fingerprint density at radius 1 is 1.23 bits per heavy atom. The summed E-state index contributed by atoms with van der Waals surface area (Å²) in [6, 6.07) is 1.15. The molecule has 12 heteroatoms. The summed E-state index contributed by atoms with van der Waals surface area (Å²) in [6.45, 7) is 4.14. The van der Waals surface area contributed by atoms with E-state index >= 15 is 0 Å². The second-order valence-electron chi connectivity index (χ2n) is 6.79. The lowest BCUT2D eigenvalue weighted by molar-refractivity contribution is -0.139. The fourth-order valence-corrected chi connectivity index (χ4v) is 3.81. The van der Waals surface area contributed by atoms with Crippen molar-refractivity contribution in [2.24, 2.45) is 7.05 Å². The lowest BCUT2D eigenvalue weighted by Crippen LogP contribution is -2.20. The molecule has 0 atom stereocenters. The maximum atomic E-state index is 12.4. The minimum Gasteiger partial charge on any atom is -0.463 e. The van der Waals surface area contributed by atoms with Crippen LogP contribution in [0.25, 0.3) is 11.3 Å². The van der Waals surface area contributed by atoms with Gasteiger partial charge in [0, 0.05) is 29.9 Å². The van der Waals surface area contributed by atoms with Crippen LogP contribution in [0.5, 0.6) is 6.01 Å². The Bertz CT molecular complexity index is 1060. The zero-order valence-corrected chi connectivity index (χ0v) is 17.8. The molecule has 0 spiro atoms. The molecule has 0 radical (unpaired) electrons. The Balaban J connectivity index is 2.55. The maximum Gasteiger partial charge on any atom is 0.392 e. The SMILES string of the molecule is CCCS(=O)(=O)Nc1nc(OCCC(F)(F)F)nc(-c2cc(C)c(=O)n(C)c2)c1C. The van der Waals surface area contributed by atoms with Gasteiger partial charge in [-0.3, -0.25) is 9.52 Å². The van der Waals surface area contributed by atoms with Gasteiger partial charge in [0.15, 0.2) is 0 Å². The van der Waals surface area contributed by atoms with Crippen LogP contribution in [0.4, 0.5) is 19.0 Å². The number of halogens is 3. The number of hydrogen-bond donors (Lipinski definition) is 1. The van der Waals surface area contributed by atoms with Crippen LogP contribution in [-0.2, 0) is 17.1 Å². The summed E-state index contributed by atoms with van der Waals surface area (Å²) < 4.78 is 70.4. The first-order valence-electron chi connectivity index (χ1n) is 9.09. The topological polar surface area (TPSA) is 103 Å². The smallest absolute Gasteiger partial charge is 0.392 e. The summed E-state index contributed by atoms with van der Waals surface area (Å²) in [6.07, 6.45) is -3.78. The summed E-state index contributed by atoms with van der Waals surface area (Å²) in [5.74, 6) is -0.253. The molecule has 166 valence electrons. The number of pyridine rings is 1. The van der Waals surface area contributed by atoms with E-state index in [2.05, 4.69) is 14.7 Å². The van der Waals surface area contributed by atoms with Crippen LogP contribution < -0.4 is 15.0 Å². The van der Waals surface area contributed by atoms with Gasteiger partial charge in [-0.05, 0) is 26.3 Å². The third kappa shape index (κ3) is 6.18. The van der Waals surface area contributed by atoms with Gasteiger partial charge in [0.25, 0.3) is 5.56 Å². The first kappa shape index (κ1) is 23.6. The summed E-state index contributed by atoms with van der Waals surface area (Å²) in [5, 5.41) is 0. The van der Waals surface area contributed by atoms with E-state index in [0.717, 1.165) is 0 Å². The second-order valence-corrected chi connectivity index (χ2v) is 8.63. The van der Waals surface area contributed by atoms with Gasteiger partial charge in [0.2, 0.25) is 10.0 Å². The normalized spacial score (nSPS) is 12.1. The summed E-state index contributed by atoms with van der Waals surface area (Å²) >= 11 is 0. The number of hydrogen-bond acceptors (Lipinski definition) is 6. The summed E-state index contributed by atoms with van der Waals surface area (Å²) in [4.78, 5) is 20.1. The lowest BCUT2D eigenvalue weighted by atomic mass is 10.1. The molecule has 0 unspecified atom stereocenters. The molecule has 0 aliphatic heterocycles. The molecule has 0 amide bonds. The Labute approximate surface area is 172 Å². The van der Waals surface area contributed by atoms with Gasteiger partial charge < -0.3 is 9.30 Å². The Kier molecular flexibility index (Phi) is 7.11. The predicted molar refractivity (Wildman–Crippen MR) is 106 cm³/mol. The molecule has 8 nitrogen and oxygen atoms in total. The van der Waals surface area contributed by atoms with E-state index in [1.54, 1.807) is 33.9 Å². The van der Waals surface area contributed by atoms with Gasteiger partial charge in [-0.25, -0.2) is 8.42 Å². The second kappa shape index (κ2) is 9.02. The van der Waals surface area contributed by atoms with Crippen molar-refractivity contribution in [1.82, 2.24) is 14.5 Å². The monoisotopic (exact) mass is 448 g/mol. The van der Waals surface area contributed by atoms with Crippen molar-refractivity contribution in [3.63, 3.8) is 0 Å². The number of nitrogens with zero attached hydrogens (tertiary/aromatic N) is 3. The molecule has 2 rings (SSSR count). The van der Waals surface area contributed by atoms with Crippen molar-refractivity contribution in [3.05, 3.63) is 33.7 Å². The van der Waals surface area contributed by atoms with Crippen molar-refractivity contribution in [3.8, 4) is 17.3 Å². The molecular weight excluding hydrogens is 425 g/mol. The van der Waals surface area contributed by atoms with Crippen LogP contribution in [0.2, 0.25) is 0 Å². The predicted octanol–water partition coefficient (Wildman–Crippen LogP) is 2.94. The van der Waals surface area contributed by atoms with Crippen LogP contribution in [0.3, 0.4) is 0 Å². The minimum absolute atomic E-state index is 0.0954. The Morgan fingerprint density at radius 3 is 2.47 bits per heavy atom. The van der Waals surface area contributed by atoms with Crippen molar-refractivity contribution >= 4 is 15.8 Å². The molecule has 0 saturated carbocycles. The standard InChI is InChI=1S/C18H23F3N4O4S/c1-5-8-30(27,28)24-15-12(3)14(13-9-11(2)16(26)25(4)10-13)22-17(23-15)29-7-6-18(19,20)21/h9-10H,5-8H2,1-4H3,(H,22,23,24). The Hall–Kier alpha value is -2.63. The summed E-state index contributed by atoms with van der Waals surface area (Å²) in [7, 11) is -2.18. The number of nitrogens with one attached hydrogen (secondary N) is 1. The van der Waals surface area contributed by atoms with E-state index in [1.165, 1.54) is 10.8 Å². The zero-order chi connectivity index (χ0) is 22.7. The highest BCUT2D eigenvalue weighted by atomic mass is 32.2. The van der Waals surface area contributed by atoms with Crippen molar-refractivity contribution in [1.29, 1.82) is 0 Å². The molecule has 1 N–H and O–H groups in total. The van der Waals surface area contributed by atoms with E-state index in [9.17, 15) is 26.4 Å². The molecule has 2 aromatic rings. The maximum absolute atomic E-state index is 12.4. The highest BCUT2D eigenvalue weighted by molar-refractivity contribution is 7.92. The third-order valence-electron chi connectivity index (χ3n) is 4.10. The minimum atomic E-state index is -4.42. The lowest BCUT2D eigenvalue weighted by Gasteiger charge is -2.15. The average Bonchev–Trinajstić information content (AvgIpc) is 2.60. The number of alkyl halides is 3. The molecule has 2 aromatic heterocycles. The molecule has 0 fully saturated rings. The highest BCUT2D eigenvalue weighted by Crippen LogP contribution is 2.29. The number of anilines is 1. The molecule has 30 heavy (non-hydrogen) atoms. The number of aromatic nitrogens is 3. The van der Waals surface area contributed by atoms with Crippen LogP contribution >= 0.6 is 0 Å². The van der Waals surface area contributed by atoms with E-state index in [-0.39, 0.29) is 22.8 Å². The Morgan fingerprint density at radius 2 is 1.90 bits per heavy atom. The van der Waals surface area contributed by atoms with E-state index in [4.69, 9.17) is 4.74 Å². The van der Waals surface area contributed by atoms with Crippen LogP contribution in [0.1, 0.15) is 30.9 Å². The molecule has 0 aliphatic rings. The van der Waals surface area contributed by atoms with Crippen molar-refractivity contribution in [2.45, 2.75) is 39.8 Å². The van der Waals surface area contributed by atoms with Gasteiger partial charge >= 0.3 is 12.2 Å². The average molecular weight is 448 g/mol. The van der Waals surface area contributed by atoms with Gasteiger partial charge in [0.05, 0.1) is 17.9 Å². The first-order chi connectivity index (χ1) is 13.8. The molecule has 0 saturated heterocycles. The molecule has 2 heterocycles. The summed E-state index contributed by atoms with van der Waals surface area (Å²) in [5.41, 5.74) is 1.23. The van der Waals surface area contributed by atoms with Gasteiger partial charge in [0.1, 0.15) is 12.4 Å². The zero-order valence-electron chi connectivity index (χ0n) is 17.0. The van der Waals surface area contributed by atoms with Crippen LogP contribution in [-0.4, -0.2) is 41.5 Å². The fourth-order valence-electron chi connectivity index (χ4n) is 2.67. The number of rotatable bonds is 8. The van der Waals surface area contributed by atoms with E-state index in [1.807, 2.05) is 0 Å².